The zero-order valence-corrected chi connectivity index (χ0v) is 20.1. The topological polar surface area (TPSA) is 101 Å². The molecule has 8 nitrogen and oxygen atoms in total. The Morgan fingerprint density at radius 2 is 1.61 bits per heavy atom. The molecule has 182 valence electrons. The molecule has 1 heterocycles. The molecule has 0 saturated carbocycles. The fourth-order valence-electron chi connectivity index (χ4n) is 3.33. The molecule has 0 saturated heterocycles. The molecule has 36 heavy (non-hydrogen) atoms. The van der Waals surface area contributed by atoms with E-state index in [9.17, 15) is 13.2 Å². The van der Waals surface area contributed by atoms with Crippen LogP contribution in [-0.2, 0) is 21.4 Å². The number of ether oxygens (including phenoxy) is 1. The van der Waals surface area contributed by atoms with Crippen molar-refractivity contribution in [1.82, 2.24) is 10.4 Å². The van der Waals surface area contributed by atoms with Gasteiger partial charge in [0, 0.05) is 11.8 Å². The zero-order chi connectivity index (χ0) is 25.2. The maximum absolute atomic E-state index is 13.3. The number of carbonyl (C=O) groups is 1. The number of rotatable bonds is 10. The van der Waals surface area contributed by atoms with Crippen molar-refractivity contribution in [3.05, 3.63) is 121 Å². The first-order valence-electron chi connectivity index (χ1n) is 11.1. The summed E-state index contributed by atoms with van der Waals surface area (Å²) in [6.45, 7) is -0.0954. The third-order valence-corrected chi connectivity index (χ3v) is 6.89. The average molecular weight is 501 g/mol. The monoisotopic (exact) mass is 500 g/mol. The van der Waals surface area contributed by atoms with Crippen LogP contribution in [0.15, 0.2) is 119 Å². The van der Waals surface area contributed by atoms with Crippen LogP contribution in [0.1, 0.15) is 11.1 Å². The van der Waals surface area contributed by atoms with Gasteiger partial charge in [0.1, 0.15) is 18.9 Å². The Morgan fingerprint density at radius 1 is 0.917 bits per heavy atom. The van der Waals surface area contributed by atoms with Gasteiger partial charge >= 0.3 is 0 Å². The smallest absolute Gasteiger partial charge is 0.264 e. The maximum Gasteiger partial charge on any atom is 0.264 e. The minimum absolute atomic E-state index is 0.0645. The third kappa shape index (κ3) is 6.34. The second-order valence-corrected chi connectivity index (χ2v) is 9.50. The van der Waals surface area contributed by atoms with Gasteiger partial charge in [0.2, 0.25) is 0 Å². The van der Waals surface area contributed by atoms with Crippen LogP contribution in [0.4, 0.5) is 5.69 Å². The summed E-state index contributed by atoms with van der Waals surface area (Å²) in [5, 5.41) is 4.02. The number of carbonyl (C=O) groups excluding carboxylic acids is 1. The lowest BCUT2D eigenvalue weighted by atomic mass is 10.2. The van der Waals surface area contributed by atoms with Crippen LogP contribution in [0.5, 0.6) is 5.75 Å². The van der Waals surface area contributed by atoms with Crippen LogP contribution >= 0.6 is 0 Å². The van der Waals surface area contributed by atoms with E-state index < -0.39 is 22.5 Å². The highest BCUT2D eigenvalue weighted by Gasteiger charge is 2.27. The highest BCUT2D eigenvalue weighted by atomic mass is 32.2. The van der Waals surface area contributed by atoms with E-state index in [1.165, 1.54) is 30.7 Å². The van der Waals surface area contributed by atoms with Crippen LogP contribution < -0.4 is 14.5 Å². The predicted octanol–water partition coefficient (Wildman–Crippen LogP) is 4.01. The Bertz CT molecular complexity index is 1410. The normalized spacial score (nSPS) is 11.2. The van der Waals surface area contributed by atoms with Crippen molar-refractivity contribution in [2.45, 2.75) is 11.5 Å². The summed E-state index contributed by atoms with van der Waals surface area (Å²) in [7, 11) is -4.01. The molecule has 0 bridgehead atoms. The molecule has 4 aromatic rings. The summed E-state index contributed by atoms with van der Waals surface area (Å²) in [5.41, 5.74) is 4.35. The first kappa shape index (κ1) is 24.6. The van der Waals surface area contributed by atoms with Crippen LogP contribution in [0.2, 0.25) is 0 Å². The molecule has 1 amide bonds. The Kier molecular flexibility index (Phi) is 8.05. The molecule has 4 rings (SSSR count). The van der Waals surface area contributed by atoms with E-state index in [1.54, 1.807) is 36.4 Å². The van der Waals surface area contributed by atoms with Crippen molar-refractivity contribution >= 4 is 27.8 Å². The highest BCUT2D eigenvalue weighted by molar-refractivity contribution is 7.92. The molecule has 0 radical (unpaired) electrons. The highest BCUT2D eigenvalue weighted by Crippen LogP contribution is 2.22. The van der Waals surface area contributed by atoms with E-state index in [-0.39, 0.29) is 10.6 Å². The van der Waals surface area contributed by atoms with Crippen molar-refractivity contribution in [3.63, 3.8) is 0 Å². The van der Waals surface area contributed by atoms with Gasteiger partial charge in [-0.15, -0.1) is 0 Å². The molecule has 1 aromatic heterocycles. The van der Waals surface area contributed by atoms with Crippen molar-refractivity contribution in [3.8, 4) is 5.75 Å². The van der Waals surface area contributed by atoms with Gasteiger partial charge in [-0.25, -0.2) is 13.8 Å². The van der Waals surface area contributed by atoms with Crippen molar-refractivity contribution in [2.24, 2.45) is 5.10 Å². The lowest BCUT2D eigenvalue weighted by Crippen LogP contribution is -2.39. The fourth-order valence-corrected chi connectivity index (χ4v) is 4.76. The van der Waals surface area contributed by atoms with E-state index in [1.807, 2.05) is 48.5 Å². The van der Waals surface area contributed by atoms with Gasteiger partial charge < -0.3 is 4.74 Å². The molecule has 0 aliphatic heterocycles. The molecule has 0 fully saturated rings. The SMILES string of the molecule is O=C(CN(c1cccnc1)S(=O)(=O)c1ccccc1)N/N=C\c1ccccc1OCc1ccccc1. The van der Waals surface area contributed by atoms with Crippen LogP contribution in [-0.4, -0.2) is 32.1 Å². The van der Waals surface area contributed by atoms with E-state index in [0.717, 1.165) is 9.87 Å². The van der Waals surface area contributed by atoms with Crippen molar-refractivity contribution < 1.29 is 17.9 Å². The number of para-hydroxylation sites is 1. The first-order chi connectivity index (χ1) is 17.5. The first-order valence-corrected chi connectivity index (χ1v) is 12.5. The van der Waals surface area contributed by atoms with E-state index in [4.69, 9.17) is 4.74 Å². The van der Waals surface area contributed by atoms with Crippen molar-refractivity contribution in [1.29, 1.82) is 0 Å². The van der Waals surface area contributed by atoms with Crippen LogP contribution in [0.3, 0.4) is 0 Å². The maximum atomic E-state index is 13.3. The van der Waals surface area contributed by atoms with Gasteiger partial charge in [-0.3, -0.25) is 14.1 Å². The van der Waals surface area contributed by atoms with Crippen molar-refractivity contribution in [2.75, 3.05) is 10.8 Å². The lowest BCUT2D eigenvalue weighted by Gasteiger charge is -2.23. The molecule has 3 aromatic carbocycles. The number of aromatic nitrogens is 1. The predicted molar refractivity (Wildman–Crippen MR) is 138 cm³/mol. The molecular formula is C27H24N4O4S. The van der Waals surface area contributed by atoms with E-state index in [2.05, 4.69) is 15.5 Å². The largest absolute Gasteiger partial charge is 0.488 e. The number of hydrazone groups is 1. The number of pyridine rings is 1. The second kappa shape index (κ2) is 11.8. The Hall–Kier alpha value is -4.50. The fraction of sp³-hybridized carbons (Fsp3) is 0.0741. The standard InChI is InChI=1S/C27H24N4O4S/c32-27(20-31(24-13-9-17-28-19-24)36(33,34)25-14-5-2-6-15-25)30-29-18-23-12-7-8-16-26(23)35-21-22-10-3-1-4-11-22/h1-19H,20-21H2,(H,30,32)/b29-18-. The summed E-state index contributed by atoms with van der Waals surface area (Å²) >= 11 is 0. The van der Waals surface area contributed by atoms with Gasteiger partial charge in [-0.05, 0) is 42.0 Å². The Balaban J connectivity index is 1.46. The second-order valence-electron chi connectivity index (χ2n) is 7.64. The zero-order valence-electron chi connectivity index (χ0n) is 19.3. The molecule has 1 N–H and O–H groups in total. The number of amides is 1. The number of nitrogens with one attached hydrogen (secondary N) is 1. The summed E-state index contributed by atoms with van der Waals surface area (Å²) < 4.78 is 33.4. The van der Waals surface area contributed by atoms with Gasteiger partial charge in [0.15, 0.2) is 0 Å². The average Bonchev–Trinajstić information content (AvgIpc) is 2.92. The van der Waals surface area contributed by atoms with Gasteiger partial charge in [-0.1, -0.05) is 60.7 Å². The Morgan fingerprint density at radius 3 is 2.33 bits per heavy atom. The molecule has 0 atom stereocenters. The number of anilines is 1. The molecule has 0 spiro atoms. The quantitative estimate of drug-likeness (QED) is 0.262. The number of hydrogen-bond donors (Lipinski definition) is 1. The molecule has 9 heteroatoms. The Labute approximate surface area is 209 Å². The van der Waals surface area contributed by atoms with E-state index >= 15 is 0 Å². The summed E-state index contributed by atoms with van der Waals surface area (Å²) in [6.07, 6.45) is 4.37. The number of benzene rings is 3. The molecule has 0 aliphatic rings. The molecular weight excluding hydrogens is 476 g/mol. The summed E-state index contributed by atoms with van der Waals surface area (Å²) in [4.78, 5) is 16.8. The van der Waals surface area contributed by atoms with Gasteiger partial charge in [0.25, 0.3) is 15.9 Å². The van der Waals surface area contributed by atoms with Crippen LogP contribution in [0.25, 0.3) is 0 Å². The minimum atomic E-state index is -4.01. The number of nitrogens with zero attached hydrogens (tertiary/aromatic N) is 3. The minimum Gasteiger partial charge on any atom is -0.488 e. The van der Waals surface area contributed by atoms with Gasteiger partial charge in [0.05, 0.1) is 23.0 Å². The molecule has 0 unspecified atom stereocenters. The van der Waals surface area contributed by atoms with E-state index in [0.29, 0.717) is 17.9 Å². The number of hydrogen-bond acceptors (Lipinski definition) is 6. The third-order valence-electron chi connectivity index (χ3n) is 5.10. The summed E-state index contributed by atoms with van der Waals surface area (Å²) in [5.74, 6) is -0.0136. The van der Waals surface area contributed by atoms with Crippen LogP contribution in [0, 0.1) is 0 Å². The van der Waals surface area contributed by atoms with Gasteiger partial charge in [-0.2, -0.15) is 5.10 Å². The molecule has 0 aliphatic carbocycles. The lowest BCUT2D eigenvalue weighted by molar-refractivity contribution is -0.119. The summed E-state index contributed by atoms with van der Waals surface area (Å²) in [6, 6.07) is 28.1. The number of sulfonamides is 1.